The number of amides is 1. The molecule has 6 rings (SSSR count). The van der Waals surface area contributed by atoms with E-state index >= 15 is 4.39 Å². The van der Waals surface area contributed by atoms with Gasteiger partial charge in [-0.15, -0.1) is 11.6 Å². The van der Waals surface area contributed by atoms with Crippen molar-refractivity contribution in [3.05, 3.63) is 60.0 Å². The summed E-state index contributed by atoms with van der Waals surface area (Å²) in [6.07, 6.45) is 4.09. The Hall–Kier alpha value is -2.66. The van der Waals surface area contributed by atoms with Gasteiger partial charge in [0.05, 0.1) is 22.9 Å². The smallest absolute Gasteiger partial charge is 0.231 e. The molecule has 0 aromatic carbocycles. The van der Waals surface area contributed by atoms with Gasteiger partial charge in [-0.25, -0.2) is 13.3 Å². The predicted octanol–water partition coefficient (Wildman–Crippen LogP) is 2.70. The number of aromatic nitrogens is 3. The van der Waals surface area contributed by atoms with E-state index in [0.29, 0.717) is 18.9 Å². The lowest BCUT2D eigenvalue weighted by Crippen LogP contribution is -2.62. The number of alkyl halides is 3. The van der Waals surface area contributed by atoms with Gasteiger partial charge >= 0.3 is 0 Å². The van der Waals surface area contributed by atoms with Gasteiger partial charge < -0.3 is 5.32 Å². The summed E-state index contributed by atoms with van der Waals surface area (Å²) in [6, 6.07) is 9.09. The molecule has 0 spiro atoms. The summed E-state index contributed by atoms with van der Waals surface area (Å²) in [7, 11) is 1.96. The first kappa shape index (κ1) is 24.7. The Morgan fingerprint density at radius 1 is 1.27 bits per heavy atom. The molecule has 3 fully saturated rings. The molecule has 4 heterocycles. The Labute approximate surface area is 218 Å². The molecule has 1 amide bonds. The topological polar surface area (TPSA) is 86.6 Å². The SMILES string of the molecule is CN(CCc1ccncc1)C1C(F)C(Cl)C(c2ccn3nc(NC(=O)[C@@H]4C[C@@H]4F)cc3c2)C2CNNC21. The highest BCUT2D eigenvalue weighted by molar-refractivity contribution is 6.21. The molecule has 1 saturated heterocycles. The number of hydrazine groups is 1. The lowest BCUT2D eigenvalue weighted by molar-refractivity contribution is -0.117. The van der Waals surface area contributed by atoms with E-state index in [1.165, 1.54) is 0 Å². The van der Waals surface area contributed by atoms with Crippen molar-refractivity contribution in [2.75, 3.05) is 25.5 Å². The van der Waals surface area contributed by atoms with Crippen LogP contribution < -0.4 is 16.2 Å². The van der Waals surface area contributed by atoms with Crippen molar-refractivity contribution in [2.45, 2.75) is 48.6 Å². The molecule has 37 heavy (non-hydrogen) atoms. The van der Waals surface area contributed by atoms with E-state index in [0.717, 1.165) is 23.1 Å². The fourth-order valence-electron chi connectivity index (χ4n) is 5.92. The van der Waals surface area contributed by atoms with Crippen molar-refractivity contribution in [3.63, 3.8) is 0 Å². The van der Waals surface area contributed by atoms with Crippen LogP contribution in [0.5, 0.6) is 0 Å². The molecule has 6 unspecified atom stereocenters. The third-order valence-corrected chi connectivity index (χ3v) is 8.57. The fraction of sp³-hybridized carbons (Fsp3) is 0.500. The molecule has 3 N–H and O–H groups in total. The van der Waals surface area contributed by atoms with E-state index in [1.54, 1.807) is 29.2 Å². The number of likely N-dealkylation sites (N-methyl/N-ethyl adjacent to an activating group) is 1. The fourth-order valence-corrected chi connectivity index (χ4v) is 6.41. The number of carbonyl (C=O) groups is 1. The maximum Gasteiger partial charge on any atom is 0.231 e. The number of pyridine rings is 2. The van der Waals surface area contributed by atoms with Gasteiger partial charge in [-0.3, -0.25) is 25.5 Å². The Morgan fingerprint density at radius 3 is 2.81 bits per heavy atom. The third-order valence-electron chi connectivity index (χ3n) is 8.05. The molecule has 11 heteroatoms. The van der Waals surface area contributed by atoms with Gasteiger partial charge in [-0.05, 0) is 61.2 Å². The molecule has 3 aliphatic rings. The van der Waals surface area contributed by atoms with E-state index < -0.39 is 23.6 Å². The summed E-state index contributed by atoms with van der Waals surface area (Å²) < 4.78 is 30.9. The van der Waals surface area contributed by atoms with Crippen molar-refractivity contribution in [3.8, 4) is 0 Å². The van der Waals surface area contributed by atoms with Crippen molar-refractivity contribution in [2.24, 2.45) is 11.8 Å². The number of carbonyl (C=O) groups excluding carboxylic acids is 1. The molecule has 3 aromatic heterocycles. The summed E-state index contributed by atoms with van der Waals surface area (Å²) >= 11 is 6.89. The average molecular weight is 530 g/mol. The third kappa shape index (κ3) is 4.71. The first-order valence-corrected chi connectivity index (χ1v) is 13.1. The molecule has 0 radical (unpaired) electrons. The van der Waals surface area contributed by atoms with Crippen LogP contribution in [0.2, 0.25) is 0 Å². The number of fused-ring (bicyclic) bond motifs is 2. The van der Waals surface area contributed by atoms with Crippen LogP contribution in [0, 0.1) is 11.8 Å². The molecule has 2 aliphatic carbocycles. The summed E-state index contributed by atoms with van der Waals surface area (Å²) in [5.41, 5.74) is 9.41. The van der Waals surface area contributed by atoms with Crippen molar-refractivity contribution >= 4 is 28.8 Å². The minimum absolute atomic E-state index is 0.0868. The monoisotopic (exact) mass is 529 g/mol. The number of halogens is 3. The zero-order valence-corrected chi connectivity index (χ0v) is 21.2. The molecule has 3 aromatic rings. The summed E-state index contributed by atoms with van der Waals surface area (Å²) in [4.78, 5) is 18.3. The Balaban J connectivity index is 1.20. The molecule has 0 bridgehead atoms. The summed E-state index contributed by atoms with van der Waals surface area (Å²) in [6.45, 7) is 1.38. The minimum Gasteiger partial charge on any atom is -0.309 e. The highest BCUT2D eigenvalue weighted by Crippen LogP contribution is 2.45. The van der Waals surface area contributed by atoms with Gasteiger partial charge in [-0.2, -0.15) is 5.10 Å². The predicted molar refractivity (Wildman–Crippen MR) is 137 cm³/mol. The lowest BCUT2D eigenvalue weighted by atomic mass is 9.70. The van der Waals surface area contributed by atoms with E-state index in [9.17, 15) is 9.18 Å². The van der Waals surface area contributed by atoms with E-state index in [1.807, 2.05) is 31.3 Å². The average Bonchev–Trinajstić information content (AvgIpc) is 3.24. The second-order valence-electron chi connectivity index (χ2n) is 10.4. The number of nitrogens with one attached hydrogen (secondary N) is 3. The molecular weight excluding hydrogens is 500 g/mol. The first-order chi connectivity index (χ1) is 17.9. The maximum atomic E-state index is 16.0. The molecule has 1 aliphatic heterocycles. The molecular formula is C26H30ClF2N7O. The van der Waals surface area contributed by atoms with Gasteiger partial charge in [-0.1, -0.05) is 0 Å². The zero-order chi connectivity index (χ0) is 25.7. The largest absolute Gasteiger partial charge is 0.309 e. The number of anilines is 1. The van der Waals surface area contributed by atoms with Gasteiger partial charge in [0.1, 0.15) is 12.3 Å². The summed E-state index contributed by atoms with van der Waals surface area (Å²) in [5, 5.41) is 6.36. The number of nitrogens with zero attached hydrogens (tertiary/aromatic N) is 4. The number of hydrogen-bond donors (Lipinski definition) is 3. The van der Waals surface area contributed by atoms with E-state index in [2.05, 4.69) is 31.2 Å². The van der Waals surface area contributed by atoms with Crippen molar-refractivity contribution in [1.29, 1.82) is 0 Å². The number of hydrogen-bond acceptors (Lipinski definition) is 6. The van der Waals surface area contributed by atoms with Crippen LogP contribution >= 0.6 is 11.6 Å². The molecule has 196 valence electrons. The van der Waals surface area contributed by atoms with Gasteiger partial charge in [0.15, 0.2) is 5.82 Å². The molecule has 8 nitrogen and oxygen atoms in total. The Kier molecular flexibility index (Phi) is 6.60. The number of rotatable bonds is 7. The maximum absolute atomic E-state index is 16.0. The highest BCUT2D eigenvalue weighted by Gasteiger charge is 2.54. The van der Waals surface area contributed by atoms with Crippen molar-refractivity contribution < 1.29 is 13.6 Å². The first-order valence-electron chi connectivity index (χ1n) is 12.7. The van der Waals surface area contributed by atoms with Crippen molar-refractivity contribution in [1.82, 2.24) is 30.3 Å². The normalized spacial score (nSPS) is 33.0. The van der Waals surface area contributed by atoms with Gasteiger partial charge in [0, 0.05) is 49.7 Å². The lowest BCUT2D eigenvalue weighted by Gasteiger charge is -2.47. The van der Waals surface area contributed by atoms with E-state index in [-0.39, 0.29) is 36.2 Å². The van der Waals surface area contributed by atoms with Crippen LogP contribution in [0.4, 0.5) is 14.6 Å². The zero-order valence-electron chi connectivity index (χ0n) is 20.4. The Bertz CT molecular complexity index is 1280. The molecule has 8 atom stereocenters. The Morgan fingerprint density at radius 2 is 2.05 bits per heavy atom. The van der Waals surface area contributed by atoms with Crippen LogP contribution in [-0.4, -0.2) is 75.3 Å². The highest BCUT2D eigenvalue weighted by atomic mass is 35.5. The van der Waals surface area contributed by atoms with Gasteiger partial charge in [0.2, 0.25) is 5.91 Å². The summed E-state index contributed by atoms with van der Waals surface area (Å²) in [5.74, 6) is -0.700. The second-order valence-corrected chi connectivity index (χ2v) is 10.9. The van der Waals surface area contributed by atoms with Gasteiger partial charge in [0.25, 0.3) is 0 Å². The second kappa shape index (κ2) is 9.90. The van der Waals surface area contributed by atoms with Crippen LogP contribution in [0.15, 0.2) is 48.9 Å². The quantitative estimate of drug-likeness (QED) is 0.408. The van der Waals surface area contributed by atoms with Crippen LogP contribution in [0.1, 0.15) is 23.5 Å². The van der Waals surface area contributed by atoms with Crippen LogP contribution in [-0.2, 0) is 11.2 Å². The standard InChI is InChI=1S/C26H30ClF2N7O/c1-35(8-4-14-2-6-30-7-3-14)25-23(29)22(27)21(18-13-31-33-24(18)25)15-5-9-36-16(10-15)11-20(34-36)32-26(37)17-12-19(17)28/h2-3,5-7,9-11,17-19,21-25,31,33H,4,8,12-13H2,1H3,(H,32,34,37)/t17-,18?,19+,21?,22?,23?,24?,25?/m1/s1. The molecule has 2 saturated carbocycles. The van der Waals surface area contributed by atoms with Crippen LogP contribution in [0.25, 0.3) is 5.52 Å². The van der Waals surface area contributed by atoms with Crippen LogP contribution in [0.3, 0.4) is 0 Å². The minimum atomic E-state index is -1.24. The van der Waals surface area contributed by atoms with E-state index in [4.69, 9.17) is 11.6 Å².